The fourth-order valence-electron chi connectivity index (χ4n) is 2.25. The smallest absolute Gasteiger partial charge is 0.384 e. The number of nitrogens with two attached hydrogens (primary N) is 1. The highest BCUT2D eigenvalue weighted by molar-refractivity contribution is 5.60. The lowest BCUT2D eigenvalue weighted by Gasteiger charge is -2.18. The molecule has 0 saturated carbocycles. The monoisotopic (exact) mass is 444 g/mol. The van der Waals surface area contributed by atoms with Crippen LogP contribution in [0.15, 0.2) is 36.5 Å². The molecule has 0 aliphatic rings. The molecule has 0 bridgehead atoms. The van der Waals surface area contributed by atoms with Crippen LogP contribution in [0.3, 0.4) is 0 Å². The number of rotatable bonds is 5. The van der Waals surface area contributed by atoms with Gasteiger partial charge in [-0.15, -0.1) is 0 Å². The number of halogens is 6. The zero-order valence-corrected chi connectivity index (χ0v) is 15.6. The molecule has 0 saturated heterocycles. The molecule has 3 heterocycles. The molecule has 31 heavy (non-hydrogen) atoms. The first-order valence-electron chi connectivity index (χ1n) is 8.54. The zero-order chi connectivity index (χ0) is 22.8. The first kappa shape index (κ1) is 22.0. The van der Waals surface area contributed by atoms with Crippen molar-refractivity contribution in [3.8, 4) is 11.5 Å². The Morgan fingerprint density at radius 2 is 1.65 bits per heavy atom. The molecule has 3 aromatic rings. The maximum atomic E-state index is 12.9. The number of nitrogen functional groups attached to an aromatic ring is 1. The summed E-state index contributed by atoms with van der Waals surface area (Å²) in [7, 11) is 0. The largest absolute Gasteiger partial charge is 0.433 e. The van der Waals surface area contributed by atoms with E-state index in [1.807, 2.05) is 0 Å². The summed E-state index contributed by atoms with van der Waals surface area (Å²) < 4.78 is 77.4. The van der Waals surface area contributed by atoms with E-state index in [1.54, 1.807) is 0 Å². The lowest BCUT2D eigenvalue weighted by atomic mass is 10.3. The topological polar surface area (TPSA) is 115 Å². The quantitative estimate of drug-likeness (QED) is 0.506. The van der Waals surface area contributed by atoms with Gasteiger partial charge in [-0.3, -0.25) is 4.98 Å². The molecule has 0 aliphatic heterocycles. The van der Waals surface area contributed by atoms with Gasteiger partial charge in [0.15, 0.2) is 5.82 Å². The number of nitrogens with zero attached hydrogens (tertiary/aromatic N) is 5. The van der Waals surface area contributed by atoms with Crippen molar-refractivity contribution in [1.29, 1.82) is 0 Å². The highest BCUT2D eigenvalue weighted by Gasteiger charge is 2.36. The van der Waals surface area contributed by atoms with Gasteiger partial charge >= 0.3 is 12.4 Å². The third-order valence-electron chi connectivity index (χ3n) is 3.78. The first-order chi connectivity index (χ1) is 14.4. The number of hydrogen-bond acceptors (Lipinski definition) is 8. The molecule has 0 spiro atoms. The van der Waals surface area contributed by atoms with Crippen molar-refractivity contribution in [3.05, 3.63) is 42.2 Å². The predicted molar refractivity (Wildman–Crippen MR) is 99.1 cm³/mol. The predicted octanol–water partition coefficient (Wildman–Crippen LogP) is 4.04. The van der Waals surface area contributed by atoms with Crippen LogP contribution in [0.25, 0.3) is 11.5 Å². The van der Waals surface area contributed by atoms with Gasteiger partial charge in [0.05, 0.1) is 0 Å². The average Bonchev–Trinajstić information content (AvgIpc) is 2.66. The van der Waals surface area contributed by atoms with Gasteiger partial charge in [0.1, 0.15) is 23.2 Å². The van der Waals surface area contributed by atoms with E-state index in [9.17, 15) is 26.3 Å². The molecule has 3 aromatic heterocycles. The Morgan fingerprint density at radius 3 is 2.29 bits per heavy atom. The van der Waals surface area contributed by atoms with E-state index in [1.165, 1.54) is 24.3 Å². The molecule has 8 nitrogen and oxygen atoms in total. The SMILES string of the molecule is CC(Nc1nc(Nc2ccnc(C(F)(F)F)c2)nc(-c2cccc(N)n2)n1)C(F)(F)F. The Hall–Kier alpha value is -3.71. The van der Waals surface area contributed by atoms with Crippen LogP contribution in [0.5, 0.6) is 0 Å². The van der Waals surface area contributed by atoms with E-state index >= 15 is 0 Å². The standard InChI is InChI=1S/C17H14F6N8/c1-8(16(18,19)20)26-14-29-13(10-3-2-4-12(24)28-10)30-15(31-14)27-9-5-6-25-11(7-9)17(21,22)23/h2-8H,1H3,(H2,24,28)(H2,25,26,27,29,30,31). The van der Waals surface area contributed by atoms with E-state index in [4.69, 9.17) is 5.73 Å². The van der Waals surface area contributed by atoms with Gasteiger partial charge < -0.3 is 16.4 Å². The molecular formula is C17H14F6N8. The second-order valence-corrected chi connectivity index (χ2v) is 6.21. The molecule has 0 radical (unpaired) electrons. The van der Waals surface area contributed by atoms with Crippen LogP contribution < -0.4 is 16.4 Å². The maximum Gasteiger partial charge on any atom is 0.433 e. The summed E-state index contributed by atoms with van der Waals surface area (Å²) >= 11 is 0. The summed E-state index contributed by atoms with van der Waals surface area (Å²) in [6, 6.07) is 4.36. The molecule has 0 amide bonds. The minimum Gasteiger partial charge on any atom is -0.384 e. The van der Waals surface area contributed by atoms with E-state index in [0.717, 1.165) is 13.1 Å². The summed E-state index contributed by atoms with van der Waals surface area (Å²) in [5.41, 5.74) is 4.48. The van der Waals surface area contributed by atoms with Crippen molar-refractivity contribution in [1.82, 2.24) is 24.9 Å². The van der Waals surface area contributed by atoms with E-state index < -0.39 is 30.0 Å². The van der Waals surface area contributed by atoms with Crippen LogP contribution in [0.1, 0.15) is 12.6 Å². The van der Waals surface area contributed by atoms with Gasteiger partial charge in [-0.25, -0.2) is 4.98 Å². The minimum atomic E-state index is -4.69. The molecular weight excluding hydrogens is 430 g/mol. The minimum absolute atomic E-state index is 0.0881. The van der Waals surface area contributed by atoms with Gasteiger partial charge in [0, 0.05) is 11.9 Å². The number of pyridine rings is 2. The first-order valence-corrected chi connectivity index (χ1v) is 8.54. The summed E-state index contributed by atoms with van der Waals surface area (Å²) in [4.78, 5) is 19.0. The van der Waals surface area contributed by atoms with Crippen LogP contribution in [0.4, 0.5) is 49.7 Å². The van der Waals surface area contributed by atoms with Crippen molar-refractivity contribution in [2.75, 3.05) is 16.4 Å². The Balaban J connectivity index is 2.01. The third kappa shape index (κ3) is 5.67. The van der Waals surface area contributed by atoms with Gasteiger partial charge in [-0.2, -0.15) is 41.3 Å². The Kier molecular flexibility index (Phi) is 5.81. The molecule has 164 valence electrons. The van der Waals surface area contributed by atoms with E-state index in [-0.39, 0.29) is 29.0 Å². The van der Waals surface area contributed by atoms with Crippen LogP contribution in [-0.2, 0) is 6.18 Å². The molecule has 1 unspecified atom stereocenters. The number of aromatic nitrogens is 5. The number of alkyl halides is 6. The zero-order valence-electron chi connectivity index (χ0n) is 15.6. The highest BCUT2D eigenvalue weighted by Crippen LogP contribution is 2.30. The number of nitrogens with one attached hydrogen (secondary N) is 2. The lowest BCUT2D eigenvalue weighted by Crippen LogP contribution is -2.34. The highest BCUT2D eigenvalue weighted by atomic mass is 19.4. The summed E-state index contributed by atoms with van der Waals surface area (Å²) in [6.45, 7) is 0.855. The second-order valence-electron chi connectivity index (χ2n) is 6.21. The Bertz CT molecular complexity index is 1070. The second kappa shape index (κ2) is 8.20. The van der Waals surface area contributed by atoms with Crippen LogP contribution >= 0.6 is 0 Å². The third-order valence-corrected chi connectivity index (χ3v) is 3.78. The molecule has 0 aliphatic carbocycles. The van der Waals surface area contributed by atoms with Crippen molar-refractivity contribution in [3.63, 3.8) is 0 Å². The fourth-order valence-corrected chi connectivity index (χ4v) is 2.25. The molecule has 14 heteroatoms. The average molecular weight is 444 g/mol. The summed E-state index contributed by atoms with van der Waals surface area (Å²) in [5, 5.41) is 4.60. The lowest BCUT2D eigenvalue weighted by molar-refractivity contribution is -0.141. The van der Waals surface area contributed by atoms with Crippen molar-refractivity contribution in [2.24, 2.45) is 0 Å². The van der Waals surface area contributed by atoms with Crippen LogP contribution in [-0.4, -0.2) is 37.1 Å². The van der Waals surface area contributed by atoms with Crippen molar-refractivity contribution >= 4 is 23.4 Å². The molecule has 4 N–H and O–H groups in total. The van der Waals surface area contributed by atoms with Gasteiger partial charge in [-0.05, 0) is 31.2 Å². The fraction of sp³-hybridized carbons (Fsp3) is 0.235. The van der Waals surface area contributed by atoms with Crippen molar-refractivity contribution < 1.29 is 26.3 Å². The Morgan fingerprint density at radius 1 is 0.935 bits per heavy atom. The summed E-state index contributed by atoms with van der Waals surface area (Å²) in [6.07, 6.45) is -8.37. The van der Waals surface area contributed by atoms with Gasteiger partial charge in [-0.1, -0.05) is 6.07 Å². The molecule has 3 rings (SSSR count). The maximum absolute atomic E-state index is 12.9. The molecule has 1 atom stereocenters. The van der Waals surface area contributed by atoms with Crippen LogP contribution in [0.2, 0.25) is 0 Å². The molecule has 0 fully saturated rings. The van der Waals surface area contributed by atoms with Crippen LogP contribution in [0, 0.1) is 0 Å². The van der Waals surface area contributed by atoms with Gasteiger partial charge in [0.2, 0.25) is 11.9 Å². The van der Waals surface area contributed by atoms with E-state index in [2.05, 4.69) is 35.6 Å². The van der Waals surface area contributed by atoms with E-state index in [0.29, 0.717) is 6.07 Å². The number of anilines is 4. The normalized spacial score (nSPS) is 13.0. The van der Waals surface area contributed by atoms with Gasteiger partial charge in [0.25, 0.3) is 0 Å². The Labute approximate surface area is 171 Å². The number of hydrogen-bond donors (Lipinski definition) is 3. The molecule has 0 aromatic carbocycles. The van der Waals surface area contributed by atoms with Crippen molar-refractivity contribution in [2.45, 2.75) is 25.3 Å². The summed E-state index contributed by atoms with van der Waals surface area (Å²) in [5.74, 6) is -0.821.